The standard InChI is InChI=1S/C23H27N9O2S/c1-23(2,3)16-8-17(32(30-16)18-10-25-11-35-18)28-22(34)27-15-7-13(15)14-6-12-9-26-21(24-4)29-19(12)31(5)20(14)33/h6,8-11,13,15H,7H2,1-5H3,(H,24,26,29)(H2,27,28,34). The molecule has 2 atom stereocenters. The number of anilines is 2. The zero-order valence-corrected chi connectivity index (χ0v) is 21.0. The number of nitrogens with one attached hydrogen (secondary N) is 3. The second kappa shape index (κ2) is 8.45. The number of aromatic nitrogens is 6. The van der Waals surface area contributed by atoms with Crippen LogP contribution in [0.3, 0.4) is 0 Å². The van der Waals surface area contributed by atoms with Gasteiger partial charge in [-0.25, -0.2) is 14.5 Å². The number of fused-ring (bicyclic) bond motifs is 1. The number of aryl methyl sites for hydroxylation is 1. The van der Waals surface area contributed by atoms with Gasteiger partial charge >= 0.3 is 6.03 Å². The Hall–Kier alpha value is -3.80. The molecule has 0 aliphatic heterocycles. The Kier molecular flexibility index (Phi) is 5.55. The second-order valence-corrected chi connectivity index (χ2v) is 10.5. The number of nitrogens with zero attached hydrogens (tertiary/aromatic N) is 6. The van der Waals surface area contributed by atoms with Crippen molar-refractivity contribution in [2.45, 2.75) is 44.6 Å². The number of carbonyl (C=O) groups excluding carboxylic acids is 1. The molecule has 35 heavy (non-hydrogen) atoms. The molecule has 2 unspecified atom stereocenters. The predicted octanol–water partition coefficient (Wildman–Crippen LogP) is 2.99. The Morgan fingerprint density at radius 3 is 2.71 bits per heavy atom. The number of amides is 2. The molecule has 1 fully saturated rings. The Bertz CT molecular complexity index is 1470. The van der Waals surface area contributed by atoms with Gasteiger partial charge in [-0.05, 0) is 12.5 Å². The van der Waals surface area contributed by atoms with Crippen molar-refractivity contribution >= 4 is 40.2 Å². The van der Waals surface area contributed by atoms with E-state index in [0.717, 1.165) is 16.1 Å². The minimum atomic E-state index is -0.344. The van der Waals surface area contributed by atoms with Crippen LogP contribution in [-0.4, -0.2) is 48.4 Å². The third kappa shape index (κ3) is 4.36. The smallest absolute Gasteiger partial charge is 0.320 e. The fraction of sp³-hybridized carbons (Fsp3) is 0.391. The third-order valence-electron chi connectivity index (χ3n) is 6.05. The number of hydrogen-bond acceptors (Lipinski definition) is 8. The molecule has 1 aliphatic carbocycles. The summed E-state index contributed by atoms with van der Waals surface area (Å²) in [5.74, 6) is 0.951. The first-order chi connectivity index (χ1) is 16.7. The molecule has 4 heterocycles. The lowest BCUT2D eigenvalue weighted by Gasteiger charge is -2.13. The van der Waals surface area contributed by atoms with E-state index in [1.165, 1.54) is 15.9 Å². The molecule has 4 aromatic heterocycles. The summed E-state index contributed by atoms with van der Waals surface area (Å²) in [7, 11) is 3.43. The van der Waals surface area contributed by atoms with Crippen molar-refractivity contribution in [3.8, 4) is 5.00 Å². The molecule has 0 radical (unpaired) electrons. The summed E-state index contributed by atoms with van der Waals surface area (Å²) in [6, 6.07) is 3.22. The van der Waals surface area contributed by atoms with Gasteiger partial charge < -0.3 is 10.6 Å². The molecule has 0 aromatic carbocycles. The molecule has 1 saturated carbocycles. The lowest BCUT2D eigenvalue weighted by molar-refractivity contribution is 0.251. The first-order valence-electron chi connectivity index (χ1n) is 11.3. The molecule has 0 spiro atoms. The zero-order valence-electron chi connectivity index (χ0n) is 20.2. The second-order valence-electron chi connectivity index (χ2n) is 9.65. The predicted molar refractivity (Wildman–Crippen MR) is 136 cm³/mol. The van der Waals surface area contributed by atoms with Crippen LogP contribution >= 0.6 is 11.3 Å². The highest BCUT2D eigenvalue weighted by Crippen LogP contribution is 2.40. The molecule has 1 aliphatic rings. The van der Waals surface area contributed by atoms with Crippen LogP contribution in [0.4, 0.5) is 16.6 Å². The Morgan fingerprint density at radius 1 is 1.23 bits per heavy atom. The van der Waals surface area contributed by atoms with Crippen molar-refractivity contribution in [2.24, 2.45) is 7.05 Å². The van der Waals surface area contributed by atoms with Gasteiger partial charge in [-0.2, -0.15) is 10.1 Å². The van der Waals surface area contributed by atoms with Crippen molar-refractivity contribution in [3.63, 3.8) is 0 Å². The SMILES string of the molecule is CNc1ncc2cc(C3CC3NC(=O)Nc3cc(C(C)(C)C)nn3-c3cncs3)c(=O)n(C)c2n1. The maximum Gasteiger partial charge on any atom is 0.320 e. The summed E-state index contributed by atoms with van der Waals surface area (Å²) in [5.41, 5.74) is 3.49. The van der Waals surface area contributed by atoms with Crippen LogP contribution in [0.15, 0.2) is 34.8 Å². The maximum absolute atomic E-state index is 13.0. The van der Waals surface area contributed by atoms with Crippen LogP contribution in [0.1, 0.15) is 44.4 Å². The van der Waals surface area contributed by atoms with Gasteiger partial charge in [-0.15, -0.1) is 11.3 Å². The van der Waals surface area contributed by atoms with Crippen LogP contribution in [0.5, 0.6) is 0 Å². The van der Waals surface area contributed by atoms with Crippen LogP contribution in [0.25, 0.3) is 16.0 Å². The Morgan fingerprint density at radius 2 is 2.03 bits per heavy atom. The van der Waals surface area contributed by atoms with E-state index < -0.39 is 0 Å². The molecule has 2 amide bonds. The highest BCUT2D eigenvalue weighted by atomic mass is 32.1. The molecule has 0 saturated heterocycles. The van der Waals surface area contributed by atoms with Gasteiger partial charge in [0.05, 0.1) is 17.4 Å². The van der Waals surface area contributed by atoms with E-state index in [0.29, 0.717) is 29.4 Å². The van der Waals surface area contributed by atoms with E-state index in [9.17, 15) is 9.59 Å². The highest BCUT2D eigenvalue weighted by molar-refractivity contribution is 7.12. The van der Waals surface area contributed by atoms with Gasteiger partial charge in [0, 0.05) is 54.7 Å². The van der Waals surface area contributed by atoms with E-state index in [1.54, 1.807) is 36.7 Å². The zero-order chi connectivity index (χ0) is 24.9. The van der Waals surface area contributed by atoms with Gasteiger partial charge in [0.1, 0.15) is 16.5 Å². The van der Waals surface area contributed by atoms with Crippen molar-refractivity contribution in [1.29, 1.82) is 0 Å². The van der Waals surface area contributed by atoms with Crippen molar-refractivity contribution in [3.05, 3.63) is 51.6 Å². The number of pyridine rings is 1. The van der Waals surface area contributed by atoms with Crippen LogP contribution in [-0.2, 0) is 12.5 Å². The Balaban J connectivity index is 1.33. The third-order valence-corrected chi connectivity index (χ3v) is 6.80. The quantitative estimate of drug-likeness (QED) is 0.389. The summed E-state index contributed by atoms with van der Waals surface area (Å²) in [5, 5.41) is 15.1. The molecule has 4 aromatic rings. The van der Waals surface area contributed by atoms with Gasteiger partial charge in [0.25, 0.3) is 5.56 Å². The summed E-state index contributed by atoms with van der Waals surface area (Å²) >= 11 is 1.44. The van der Waals surface area contributed by atoms with E-state index in [1.807, 2.05) is 12.1 Å². The fourth-order valence-electron chi connectivity index (χ4n) is 4.00. The van der Waals surface area contributed by atoms with Crippen LogP contribution < -0.4 is 21.5 Å². The minimum absolute atomic E-state index is 0.0654. The average molecular weight is 494 g/mol. The number of rotatable bonds is 5. The molecular weight excluding hydrogens is 466 g/mol. The molecule has 11 nitrogen and oxygen atoms in total. The van der Waals surface area contributed by atoms with Crippen molar-refractivity contribution in [1.82, 2.24) is 34.6 Å². The minimum Gasteiger partial charge on any atom is -0.357 e. The highest BCUT2D eigenvalue weighted by Gasteiger charge is 2.42. The molecule has 12 heteroatoms. The van der Waals surface area contributed by atoms with Crippen molar-refractivity contribution in [2.75, 3.05) is 17.7 Å². The normalized spacial score (nSPS) is 17.4. The molecular formula is C23H27N9O2S. The van der Waals surface area contributed by atoms with E-state index in [2.05, 4.69) is 56.8 Å². The molecule has 3 N–H and O–H groups in total. The van der Waals surface area contributed by atoms with E-state index >= 15 is 0 Å². The van der Waals surface area contributed by atoms with E-state index in [4.69, 9.17) is 0 Å². The molecule has 0 bridgehead atoms. The Labute approximate surface area is 205 Å². The van der Waals surface area contributed by atoms with Gasteiger partial charge in [-0.3, -0.25) is 19.7 Å². The summed E-state index contributed by atoms with van der Waals surface area (Å²) in [6.45, 7) is 6.21. The lowest BCUT2D eigenvalue weighted by Crippen LogP contribution is -2.32. The monoisotopic (exact) mass is 493 g/mol. The van der Waals surface area contributed by atoms with Gasteiger partial charge in [-0.1, -0.05) is 20.8 Å². The van der Waals surface area contributed by atoms with E-state index in [-0.39, 0.29) is 29.0 Å². The van der Waals surface area contributed by atoms with Crippen LogP contribution in [0.2, 0.25) is 0 Å². The lowest BCUT2D eigenvalue weighted by atomic mass is 9.92. The maximum atomic E-state index is 13.0. The number of urea groups is 1. The fourth-order valence-corrected chi connectivity index (χ4v) is 4.59. The van der Waals surface area contributed by atoms with Gasteiger partial charge in [0.2, 0.25) is 5.95 Å². The van der Waals surface area contributed by atoms with Crippen molar-refractivity contribution < 1.29 is 4.79 Å². The average Bonchev–Trinajstić information content (AvgIpc) is 3.19. The van der Waals surface area contributed by atoms with Gasteiger partial charge in [0.15, 0.2) is 0 Å². The number of hydrogen-bond donors (Lipinski definition) is 3. The first-order valence-corrected chi connectivity index (χ1v) is 12.1. The summed E-state index contributed by atoms with van der Waals surface area (Å²) < 4.78 is 3.23. The number of thiazole rings is 1. The summed E-state index contributed by atoms with van der Waals surface area (Å²) in [4.78, 5) is 38.6. The summed E-state index contributed by atoms with van der Waals surface area (Å²) in [6.07, 6.45) is 4.09. The molecule has 5 rings (SSSR count). The molecule has 182 valence electrons. The largest absolute Gasteiger partial charge is 0.357 e. The van der Waals surface area contributed by atoms with Crippen LogP contribution in [0, 0.1) is 0 Å². The topological polar surface area (TPSA) is 132 Å². The first kappa shape index (κ1) is 23.0. The number of carbonyl (C=O) groups is 1.